The molecule has 1 heterocycles. The second-order valence-electron chi connectivity index (χ2n) is 4.52. The Kier molecular flexibility index (Phi) is 3.34. The summed E-state index contributed by atoms with van der Waals surface area (Å²) in [5, 5.41) is 6.42. The van der Waals surface area contributed by atoms with Crippen LogP contribution in [0.1, 0.15) is 11.6 Å². The summed E-state index contributed by atoms with van der Waals surface area (Å²) in [6, 6.07) is 12.4. The van der Waals surface area contributed by atoms with Crippen LogP contribution in [0.15, 0.2) is 42.5 Å². The van der Waals surface area contributed by atoms with Gasteiger partial charge in [-0.15, -0.1) is 0 Å². The molecule has 0 radical (unpaired) electrons. The summed E-state index contributed by atoms with van der Waals surface area (Å²) in [4.78, 5) is 11.7. The van der Waals surface area contributed by atoms with Crippen LogP contribution in [0.25, 0.3) is 0 Å². The van der Waals surface area contributed by atoms with Crippen molar-refractivity contribution in [1.29, 1.82) is 0 Å². The van der Waals surface area contributed by atoms with E-state index in [1.165, 1.54) is 0 Å². The van der Waals surface area contributed by atoms with E-state index in [0.717, 1.165) is 11.3 Å². The number of hydrogen-bond donors (Lipinski definition) is 2. The van der Waals surface area contributed by atoms with E-state index in [1.807, 2.05) is 30.3 Å². The molecule has 1 aliphatic rings. The Morgan fingerprint density at radius 1 is 1.20 bits per heavy atom. The van der Waals surface area contributed by atoms with Gasteiger partial charge in [0, 0.05) is 22.3 Å². The summed E-state index contributed by atoms with van der Waals surface area (Å²) in [6.07, 6.45) is 0. The van der Waals surface area contributed by atoms with Gasteiger partial charge in [0.1, 0.15) is 17.5 Å². The van der Waals surface area contributed by atoms with Crippen LogP contribution in [0.5, 0.6) is 11.5 Å². The van der Waals surface area contributed by atoms with Crippen molar-refractivity contribution >= 4 is 23.2 Å². The summed E-state index contributed by atoms with van der Waals surface area (Å²) in [5.74, 6) is 1.26. The largest absolute Gasteiger partial charge is 0.457 e. The number of hydrogen-bond acceptors (Lipinski definition) is 3. The second kappa shape index (κ2) is 5.15. The average Bonchev–Trinajstić information content (AvgIpc) is 2.73. The van der Waals surface area contributed by atoms with Crippen LogP contribution < -0.4 is 15.4 Å². The Morgan fingerprint density at radius 3 is 2.75 bits per heavy atom. The number of likely N-dealkylation sites (N-methyl/N-ethyl adjacent to an activating group) is 1. The highest BCUT2D eigenvalue weighted by molar-refractivity contribution is 6.30. The first kappa shape index (κ1) is 13.0. The molecule has 1 amide bonds. The minimum absolute atomic E-state index is 0.0533. The molecule has 5 heteroatoms. The number of fused-ring (bicyclic) bond motifs is 1. The zero-order valence-electron chi connectivity index (χ0n) is 10.8. The molecule has 0 saturated carbocycles. The molecule has 0 fully saturated rings. The number of carbonyl (C=O) groups is 1. The summed E-state index contributed by atoms with van der Waals surface area (Å²) < 4.78 is 5.73. The Labute approximate surface area is 121 Å². The van der Waals surface area contributed by atoms with Crippen molar-refractivity contribution in [3.05, 3.63) is 53.1 Å². The van der Waals surface area contributed by atoms with E-state index in [1.54, 1.807) is 19.2 Å². The Hall–Kier alpha value is -2.04. The third kappa shape index (κ3) is 2.35. The Balaban J connectivity index is 1.87. The van der Waals surface area contributed by atoms with Gasteiger partial charge < -0.3 is 15.4 Å². The molecule has 1 aliphatic heterocycles. The van der Waals surface area contributed by atoms with Gasteiger partial charge in [-0.3, -0.25) is 4.79 Å². The van der Waals surface area contributed by atoms with Crippen LogP contribution in [0.4, 0.5) is 5.69 Å². The molecular weight excluding hydrogens is 276 g/mol. The zero-order valence-corrected chi connectivity index (χ0v) is 11.6. The lowest BCUT2D eigenvalue weighted by atomic mass is 10.1. The number of benzene rings is 2. The topological polar surface area (TPSA) is 50.4 Å². The van der Waals surface area contributed by atoms with Crippen LogP contribution >= 0.6 is 11.6 Å². The van der Waals surface area contributed by atoms with Gasteiger partial charge in [0.05, 0.1) is 0 Å². The summed E-state index contributed by atoms with van der Waals surface area (Å²) in [7, 11) is 1.76. The highest BCUT2D eigenvalue weighted by atomic mass is 35.5. The molecule has 0 aromatic heterocycles. The Morgan fingerprint density at radius 2 is 2.00 bits per heavy atom. The van der Waals surface area contributed by atoms with Crippen LogP contribution in [-0.4, -0.2) is 13.0 Å². The fraction of sp³-hybridized carbons (Fsp3) is 0.133. The third-order valence-corrected chi connectivity index (χ3v) is 3.41. The van der Waals surface area contributed by atoms with Crippen molar-refractivity contribution in [2.75, 3.05) is 12.4 Å². The van der Waals surface area contributed by atoms with Crippen LogP contribution in [0.3, 0.4) is 0 Å². The third-order valence-electron chi connectivity index (χ3n) is 3.18. The van der Waals surface area contributed by atoms with Gasteiger partial charge in [0.25, 0.3) is 0 Å². The lowest BCUT2D eigenvalue weighted by molar-refractivity contribution is -0.117. The molecule has 0 aliphatic carbocycles. The Bertz CT molecular complexity index is 673. The molecule has 1 unspecified atom stereocenters. The number of halogens is 1. The van der Waals surface area contributed by atoms with Crippen molar-refractivity contribution in [2.45, 2.75) is 6.04 Å². The lowest BCUT2D eigenvalue weighted by Gasteiger charge is -2.09. The number of anilines is 1. The van der Waals surface area contributed by atoms with Gasteiger partial charge in [-0.2, -0.15) is 0 Å². The van der Waals surface area contributed by atoms with Crippen LogP contribution in [0.2, 0.25) is 5.02 Å². The van der Waals surface area contributed by atoms with Crippen LogP contribution in [0, 0.1) is 0 Å². The van der Waals surface area contributed by atoms with Crippen molar-refractivity contribution in [1.82, 2.24) is 5.32 Å². The molecule has 2 N–H and O–H groups in total. The smallest absolute Gasteiger partial charge is 0.246 e. The first-order valence-corrected chi connectivity index (χ1v) is 6.60. The predicted octanol–water partition coefficient (Wildman–Crippen LogP) is 3.34. The number of amides is 1. The van der Waals surface area contributed by atoms with Crippen molar-refractivity contribution in [3.8, 4) is 11.5 Å². The monoisotopic (exact) mass is 288 g/mol. The van der Waals surface area contributed by atoms with E-state index in [2.05, 4.69) is 10.6 Å². The summed E-state index contributed by atoms with van der Waals surface area (Å²) >= 11 is 5.92. The number of rotatable bonds is 3. The molecule has 0 bridgehead atoms. The fourth-order valence-electron chi connectivity index (χ4n) is 2.26. The van der Waals surface area contributed by atoms with E-state index < -0.39 is 0 Å². The molecule has 0 saturated heterocycles. The standard InChI is InChI=1S/C15H13ClN2O2/c1-17-14-12-6-5-11(8-13(12)18-15(14)19)20-10-4-2-3-9(16)7-10/h2-8,14,17H,1H3,(H,18,19). The van der Waals surface area contributed by atoms with Gasteiger partial charge in [0.15, 0.2) is 0 Å². The molecule has 1 atom stereocenters. The number of carbonyl (C=O) groups excluding carboxylic acids is 1. The van der Waals surface area contributed by atoms with Gasteiger partial charge >= 0.3 is 0 Å². The highest BCUT2D eigenvalue weighted by Crippen LogP contribution is 2.35. The van der Waals surface area contributed by atoms with Gasteiger partial charge in [0.2, 0.25) is 5.91 Å². The lowest BCUT2D eigenvalue weighted by Crippen LogP contribution is -2.23. The first-order valence-electron chi connectivity index (χ1n) is 6.23. The molecule has 4 nitrogen and oxygen atoms in total. The van der Waals surface area contributed by atoms with Gasteiger partial charge in [-0.05, 0) is 31.3 Å². The molecule has 3 rings (SSSR count). The maximum absolute atomic E-state index is 11.7. The summed E-state index contributed by atoms with van der Waals surface area (Å²) in [6.45, 7) is 0. The molecule has 20 heavy (non-hydrogen) atoms. The molecule has 2 aromatic rings. The minimum atomic E-state index is -0.301. The van der Waals surface area contributed by atoms with Gasteiger partial charge in [-0.25, -0.2) is 0 Å². The zero-order chi connectivity index (χ0) is 14.1. The summed E-state index contributed by atoms with van der Waals surface area (Å²) in [5.41, 5.74) is 1.70. The molecule has 102 valence electrons. The van der Waals surface area contributed by atoms with E-state index in [-0.39, 0.29) is 11.9 Å². The maximum atomic E-state index is 11.7. The first-order chi connectivity index (χ1) is 9.67. The molecular formula is C15H13ClN2O2. The fourth-order valence-corrected chi connectivity index (χ4v) is 2.44. The average molecular weight is 289 g/mol. The minimum Gasteiger partial charge on any atom is -0.457 e. The van der Waals surface area contributed by atoms with Crippen LogP contribution in [-0.2, 0) is 4.79 Å². The van der Waals surface area contributed by atoms with Crippen molar-refractivity contribution < 1.29 is 9.53 Å². The van der Waals surface area contributed by atoms with Crippen molar-refractivity contribution in [3.63, 3.8) is 0 Å². The molecule has 0 spiro atoms. The normalized spacial score (nSPS) is 16.7. The van der Waals surface area contributed by atoms with E-state index in [4.69, 9.17) is 16.3 Å². The number of nitrogens with one attached hydrogen (secondary N) is 2. The van der Waals surface area contributed by atoms with E-state index in [0.29, 0.717) is 16.5 Å². The van der Waals surface area contributed by atoms with Gasteiger partial charge in [-0.1, -0.05) is 23.7 Å². The quantitative estimate of drug-likeness (QED) is 0.911. The van der Waals surface area contributed by atoms with E-state index >= 15 is 0 Å². The predicted molar refractivity (Wildman–Crippen MR) is 78.4 cm³/mol. The van der Waals surface area contributed by atoms with Crippen molar-refractivity contribution in [2.24, 2.45) is 0 Å². The van der Waals surface area contributed by atoms with E-state index in [9.17, 15) is 4.79 Å². The number of ether oxygens (including phenoxy) is 1. The highest BCUT2D eigenvalue weighted by Gasteiger charge is 2.29. The molecule has 2 aromatic carbocycles. The second-order valence-corrected chi connectivity index (χ2v) is 4.96. The maximum Gasteiger partial charge on any atom is 0.246 e. The SMILES string of the molecule is CNC1C(=O)Nc2cc(Oc3cccc(Cl)c3)ccc21.